The molecule has 0 fully saturated rings. The maximum absolute atomic E-state index is 12.2. The van der Waals surface area contributed by atoms with Gasteiger partial charge in [-0.05, 0) is 66.9 Å². The van der Waals surface area contributed by atoms with E-state index < -0.39 is 5.97 Å². The molecule has 3 aromatic carbocycles. The van der Waals surface area contributed by atoms with Crippen molar-refractivity contribution in [2.24, 2.45) is 4.99 Å². The standard InChI is InChI=1S/C27H25NO5/c1-18-9-10-19(2)24(15-18)32-14-13-31-23-12-11-20(17-25(23)30-3)16-22-27(29)33-26(28-22)21-7-5-4-6-8-21/h4-12,15-17H,13-14H2,1-3H3. The van der Waals surface area contributed by atoms with E-state index in [2.05, 4.69) is 11.1 Å². The molecule has 4 rings (SSSR count). The summed E-state index contributed by atoms with van der Waals surface area (Å²) in [5, 5.41) is 0. The summed E-state index contributed by atoms with van der Waals surface area (Å²) in [6.07, 6.45) is 1.66. The van der Waals surface area contributed by atoms with Gasteiger partial charge in [-0.3, -0.25) is 0 Å². The number of cyclic esters (lactones) is 1. The molecule has 0 atom stereocenters. The van der Waals surface area contributed by atoms with Gasteiger partial charge >= 0.3 is 5.97 Å². The highest BCUT2D eigenvalue weighted by Gasteiger charge is 2.24. The van der Waals surface area contributed by atoms with Gasteiger partial charge in [0.05, 0.1) is 7.11 Å². The minimum Gasteiger partial charge on any atom is -0.493 e. The van der Waals surface area contributed by atoms with Crippen molar-refractivity contribution in [3.8, 4) is 17.2 Å². The summed E-state index contributed by atoms with van der Waals surface area (Å²) in [5.74, 6) is 1.80. The van der Waals surface area contributed by atoms with Crippen LogP contribution in [0.5, 0.6) is 17.2 Å². The molecule has 6 nitrogen and oxygen atoms in total. The highest BCUT2D eigenvalue weighted by molar-refractivity contribution is 6.12. The summed E-state index contributed by atoms with van der Waals surface area (Å²) in [6, 6.07) is 20.8. The Kier molecular flexibility index (Phi) is 6.74. The van der Waals surface area contributed by atoms with Crippen LogP contribution in [0.25, 0.3) is 6.08 Å². The van der Waals surface area contributed by atoms with E-state index in [1.807, 2.05) is 62.4 Å². The fourth-order valence-electron chi connectivity index (χ4n) is 3.33. The Hall–Kier alpha value is -4.06. The average molecular weight is 443 g/mol. The zero-order chi connectivity index (χ0) is 23.2. The Balaban J connectivity index is 1.42. The molecule has 6 heteroatoms. The van der Waals surface area contributed by atoms with Gasteiger partial charge in [0.15, 0.2) is 17.2 Å². The van der Waals surface area contributed by atoms with Crippen molar-refractivity contribution in [3.63, 3.8) is 0 Å². The average Bonchev–Trinajstić information content (AvgIpc) is 3.20. The third-order valence-electron chi connectivity index (χ3n) is 5.07. The van der Waals surface area contributed by atoms with E-state index >= 15 is 0 Å². The second-order valence-electron chi connectivity index (χ2n) is 7.58. The number of carbonyl (C=O) groups excluding carboxylic acids is 1. The van der Waals surface area contributed by atoms with Crippen LogP contribution in [0.2, 0.25) is 0 Å². The van der Waals surface area contributed by atoms with Gasteiger partial charge < -0.3 is 18.9 Å². The van der Waals surface area contributed by atoms with Gasteiger partial charge in [0.1, 0.15) is 19.0 Å². The lowest BCUT2D eigenvalue weighted by atomic mass is 10.1. The molecule has 168 valence electrons. The summed E-state index contributed by atoms with van der Waals surface area (Å²) in [7, 11) is 1.57. The summed E-state index contributed by atoms with van der Waals surface area (Å²) >= 11 is 0. The first kappa shape index (κ1) is 22.1. The van der Waals surface area contributed by atoms with E-state index in [0.29, 0.717) is 30.6 Å². The lowest BCUT2D eigenvalue weighted by Gasteiger charge is -2.13. The van der Waals surface area contributed by atoms with Crippen LogP contribution in [0.1, 0.15) is 22.3 Å². The Bertz CT molecular complexity index is 1210. The highest BCUT2D eigenvalue weighted by atomic mass is 16.6. The molecule has 1 aliphatic rings. The van der Waals surface area contributed by atoms with Gasteiger partial charge in [0.2, 0.25) is 5.90 Å². The highest BCUT2D eigenvalue weighted by Crippen LogP contribution is 2.30. The number of esters is 1. The molecule has 0 N–H and O–H groups in total. The lowest BCUT2D eigenvalue weighted by molar-refractivity contribution is -0.129. The minimum atomic E-state index is -0.489. The Morgan fingerprint density at radius 1 is 0.879 bits per heavy atom. The molecular weight excluding hydrogens is 418 g/mol. The first-order chi connectivity index (χ1) is 16.0. The molecule has 0 unspecified atom stereocenters. The lowest BCUT2D eigenvalue weighted by Crippen LogP contribution is -2.10. The number of aryl methyl sites for hydroxylation is 2. The predicted octanol–water partition coefficient (Wildman–Crippen LogP) is 5.11. The van der Waals surface area contributed by atoms with E-state index in [1.54, 1.807) is 25.3 Å². The van der Waals surface area contributed by atoms with Crippen molar-refractivity contribution in [2.45, 2.75) is 13.8 Å². The van der Waals surface area contributed by atoms with E-state index in [0.717, 1.165) is 28.0 Å². The smallest absolute Gasteiger partial charge is 0.363 e. The first-order valence-corrected chi connectivity index (χ1v) is 10.6. The molecule has 0 aromatic heterocycles. The summed E-state index contributed by atoms with van der Waals surface area (Å²) in [4.78, 5) is 16.6. The summed E-state index contributed by atoms with van der Waals surface area (Å²) in [5.41, 5.74) is 3.95. The molecule has 0 amide bonds. The van der Waals surface area contributed by atoms with Crippen molar-refractivity contribution in [1.29, 1.82) is 0 Å². The monoisotopic (exact) mass is 443 g/mol. The number of rotatable bonds is 8. The van der Waals surface area contributed by atoms with Crippen LogP contribution < -0.4 is 14.2 Å². The van der Waals surface area contributed by atoms with Crippen molar-refractivity contribution in [3.05, 3.63) is 94.7 Å². The van der Waals surface area contributed by atoms with Gasteiger partial charge in [-0.1, -0.05) is 36.4 Å². The molecule has 0 spiro atoms. The number of carbonyl (C=O) groups is 1. The zero-order valence-corrected chi connectivity index (χ0v) is 18.8. The van der Waals surface area contributed by atoms with Crippen molar-refractivity contribution in [1.82, 2.24) is 0 Å². The molecule has 0 radical (unpaired) electrons. The van der Waals surface area contributed by atoms with Crippen LogP contribution >= 0.6 is 0 Å². The molecule has 1 heterocycles. The van der Waals surface area contributed by atoms with Crippen LogP contribution in [0.4, 0.5) is 0 Å². The van der Waals surface area contributed by atoms with Gasteiger partial charge in [-0.15, -0.1) is 0 Å². The molecule has 1 aliphatic heterocycles. The van der Waals surface area contributed by atoms with E-state index in [9.17, 15) is 4.79 Å². The molecule has 0 bridgehead atoms. The minimum absolute atomic E-state index is 0.228. The third kappa shape index (κ3) is 5.41. The maximum atomic E-state index is 12.2. The third-order valence-corrected chi connectivity index (χ3v) is 5.07. The quantitative estimate of drug-likeness (QED) is 0.275. The van der Waals surface area contributed by atoms with Crippen molar-refractivity contribution >= 4 is 17.9 Å². The van der Waals surface area contributed by atoms with Gasteiger partial charge in [-0.2, -0.15) is 0 Å². The van der Waals surface area contributed by atoms with Gasteiger partial charge in [0.25, 0.3) is 0 Å². The van der Waals surface area contributed by atoms with Crippen LogP contribution in [0, 0.1) is 13.8 Å². The maximum Gasteiger partial charge on any atom is 0.363 e. The number of aliphatic imine (C=N–C) groups is 1. The molecule has 3 aromatic rings. The fraction of sp³-hybridized carbons (Fsp3) is 0.185. The van der Waals surface area contributed by atoms with E-state index in [-0.39, 0.29) is 5.70 Å². The normalized spacial score (nSPS) is 14.1. The second kappa shape index (κ2) is 10.0. The van der Waals surface area contributed by atoms with Crippen LogP contribution in [-0.4, -0.2) is 32.2 Å². The summed E-state index contributed by atoms with van der Waals surface area (Å²) < 4.78 is 22.5. The summed E-state index contributed by atoms with van der Waals surface area (Å²) in [6.45, 7) is 4.81. The van der Waals surface area contributed by atoms with E-state index in [1.165, 1.54) is 0 Å². The number of benzene rings is 3. The SMILES string of the molecule is COc1cc(C=C2N=C(c3ccccc3)OC2=O)ccc1OCCOc1cc(C)ccc1C. The number of hydrogen-bond donors (Lipinski definition) is 0. The molecule has 0 saturated heterocycles. The largest absolute Gasteiger partial charge is 0.493 e. The Labute approximate surface area is 193 Å². The molecule has 0 saturated carbocycles. The Morgan fingerprint density at radius 3 is 2.39 bits per heavy atom. The van der Waals surface area contributed by atoms with Crippen LogP contribution in [0.15, 0.2) is 77.4 Å². The van der Waals surface area contributed by atoms with Crippen molar-refractivity contribution < 1.29 is 23.7 Å². The Morgan fingerprint density at radius 2 is 1.64 bits per heavy atom. The molecule has 0 aliphatic carbocycles. The van der Waals surface area contributed by atoms with Crippen LogP contribution in [0.3, 0.4) is 0 Å². The fourth-order valence-corrected chi connectivity index (χ4v) is 3.33. The number of nitrogens with zero attached hydrogens (tertiary/aromatic N) is 1. The van der Waals surface area contributed by atoms with Crippen molar-refractivity contribution in [2.75, 3.05) is 20.3 Å². The molecular formula is C27H25NO5. The second-order valence-corrected chi connectivity index (χ2v) is 7.58. The number of ether oxygens (including phenoxy) is 4. The van der Waals surface area contributed by atoms with E-state index in [4.69, 9.17) is 18.9 Å². The predicted molar refractivity (Wildman–Crippen MR) is 127 cm³/mol. The number of hydrogen-bond acceptors (Lipinski definition) is 6. The molecule has 33 heavy (non-hydrogen) atoms. The topological polar surface area (TPSA) is 66.4 Å². The van der Waals surface area contributed by atoms with Crippen LogP contribution in [-0.2, 0) is 9.53 Å². The van der Waals surface area contributed by atoms with Gasteiger partial charge in [0, 0.05) is 5.56 Å². The van der Waals surface area contributed by atoms with Gasteiger partial charge in [-0.25, -0.2) is 9.79 Å². The zero-order valence-electron chi connectivity index (χ0n) is 18.8. The first-order valence-electron chi connectivity index (χ1n) is 10.6. The number of methoxy groups -OCH3 is 1.